The van der Waals surface area contributed by atoms with Crippen LogP contribution in [-0.2, 0) is 4.79 Å². The molecule has 1 rings (SSSR count). The minimum atomic E-state index is -1.04. The number of hydrogen-bond donors (Lipinski definition) is 3. The van der Waals surface area contributed by atoms with Gasteiger partial charge in [-0.25, -0.2) is 0 Å². The maximum absolute atomic E-state index is 10.3. The molecular weight excluding hydrogens is 246 g/mol. The third kappa shape index (κ3) is 4.50. The summed E-state index contributed by atoms with van der Waals surface area (Å²) in [6, 6.07) is 5.07. The SMILES string of the molecule is COc1ccc(NCC(O)CC(=O)O)cc1Cl. The molecule has 1 aromatic carbocycles. The van der Waals surface area contributed by atoms with E-state index < -0.39 is 12.1 Å². The van der Waals surface area contributed by atoms with Gasteiger partial charge < -0.3 is 20.3 Å². The van der Waals surface area contributed by atoms with Crippen LogP contribution in [0, 0.1) is 0 Å². The quantitative estimate of drug-likeness (QED) is 0.723. The van der Waals surface area contributed by atoms with Gasteiger partial charge in [-0.2, -0.15) is 0 Å². The van der Waals surface area contributed by atoms with Crippen LogP contribution < -0.4 is 10.1 Å². The lowest BCUT2D eigenvalue weighted by Gasteiger charge is -2.12. The fraction of sp³-hybridized carbons (Fsp3) is 0.364. The first-order valence-corrected chi connectivity index (χ1v) is 5.38. The van der Waals surface area contributed by atoms with Crippen LogP contribution >= 0.6 is 11.6 Å². The monoisotopic (exact) mass is 259 g/mol. The lowest BCUT2D eigenvalue weighted by atomic mass is 10.2. The zero-order chi connectivity index (χ0) is 12.8. The standard InChI is InChI=1S/C11H14ClNO4/c1-17-10-3-2-7(4-9(10)12)13-6-8(14)5-11(15)16/h2-4,8,13-14H,5-6H2,1H3,(H,15,16). The first kappa shape index (κ1) is 13.6. The van der Waals surface area contributed by atoms with Gasteiger partial charge in [0.2, 0.25) is 0 Å². The molecule has 0 heterocycles. The number of methoxy groups -OCH3 is 1. The minimum absolute atomic E-state index is 0.148. The number of ether oxygens (including phenoxy) is 1. The molecule has 6 heteroatoms. The molecule has 0 amide bonds. The lowest BCUT2D eigenvalue weighted by Crippen LogP contribution is -2.22. The van der Waals surface area contributed by atoms with Gasteiger partial charge in [-0.1, -0.05) is 11.6 Å². The molecular formula is C11H14ClNO4. The highest BCUT2D eigenvalue weighted by molar-refractivity contribution is 6.32. The predicted octanol–water partition coefficient (Wildman–Crippen LogP) is 1.60. The van der Waals surface area contributed by atoms with Gasteiger partial charge in [-0.3, -0.25) is 4.79 Å². The number of nitrogens with one attached hydrogen (secondary N) is 1. The number of aliphatic hydroxyl groups excluding tert-OH is 1. The normalized spacial score (nSPS) is 11.9. The van der Waals surface area contributed by atoms with Gasteiger partial charge >= 0.3 is 5.97 Å². The Morgan fingerprint density at radius 2 is 2.29 bits per heavy atom. The molecule has 1 unspecified atom stereocenters. The zero-order valence-electron chi connectivity index (χ0n) is 9.31. The van der Waals surface area contributed by atoms with Crippen molar-refractivity contribution in [2.24, 2.45) is 0 Å². The van der Waals surface area contributed by atoms with Crippen molar-refractivity contribution >= 4 is 23.3 Å². The van der Waals surface area contributed by atoms with E-state index in [9.17, 15) is 9.90 Å². The molecule has 0 saturated heterocycles. The first-order chi connectivity index (χ1) is 8.02. The smallest absolute Gasteiger partial charge is 0.306 e. The molecule has 0 radical (unpaired) electrons. The van der Waals surface area contributed by atoms with E-state index in [-0.39, 0.29) is 13.0 Å². The molecule has 94 valence electrons. The van der Waals surface area contributed by atoms with Crippen LogP contribution in [0.25, 0.3) is 0 Å². The van der Waals surface area contributed by atoms with E-state index in [4.69, 9.17) is 21.4 Å². The molecule has 1 atom stereocenters. The van der Waals surface area contributed by atoms with Crippen molar-refractivity contribution in [2.75, 3.05) is 19.0 Å². The number of carboxylic acid groups (broad SMARTS) is 1. The Labute approximate surface area is 104 Å². The topological polar surface area (TPSA) is 78.8 Å². The molecule has 0 aliphatic heterocycles. The molecule has 0 bridgehead atoms. The van der Waals surface area contributed by atoms with Crippen molar-refractivity contribution in [1.82, 2.24) is 0 Å². The number of rotatable bonds is 6. The first-order valence-electron chi connectivity index (χ1n) is 5.00. The van der Waals surface area contributed by atoms with E-state index in [1.807, 2.05) is 0 Å². The fourth-order valence-electron chi connectivity index (χ4n) is 1.29. The van der Waals surface area contributed by atoms with Crippen molar-refractivity contribution in [3.63, 3.8) is 0 Å². The molecule has 5 nitrogen and oxygen atoms in total. The summed E-state index contributed by atoms with van der Waals surface area (Å²) in [6.45, 7) is 0.148. The summed E-state index contributed by atoms with van der Waals surface area (Å²) >= 11 is 5.91. The van der Waals surface area contributed by atoms with Crippen LogP contribution in [0.5, 0.6) is 5.75 Å². The van der Waals surface area contributed by atoms with Crippen LogP contribution in [0.1, 0.15) is 6.42 Å². The fourth-order valence-corrected chi connectivity index (χ4v) is 1.54. The molecule has 17 heavy (non-hydrogen) atoms. The number of carboxylic acids is 1. The zero-order valence-corrected chi connectivity index (χ0v) is 10.1. The Balaban J connectivity index is 2.52. The van der Waals surface area contributed by atoms with Gasteiger partial charge in [0.1, 0.15) is 5.75 Å². The molecule has 0 fully saturated rings. The average molecular weight is 260 g/mol. The van der Waals surface area contributed by atoms with Crippen molar-refractivity contribution in [2.45, 2.75) is 12.5 Å². The van der Waals surface area contributed by atoms with Gasteiger partial charge in [0, 0.05) is 12.2 Å². The van der Waals surface area contributed by atoms with Crippen LogP contribution in [0.4, 0.5) is 5.69 Å². The predicted molar refractivity (Wildman–Crippen MR) is 64.8 cm³/mol. The van der Waals surface area contributed by atoms with Gasteiger partial charge in [0.05, 0.1) is 24.7 Å². The van der Waals surface area contributed by atoms with Gasteiger partial charge in [-0.05, 0) is 18.2 Å². The number of benzene rings is 1. The van der Waals surface area contributed by atoms with E-state index in [2.05, 4.69) is 5.32 Å². The Hall–Kier alpha value is -1.46. The lowest BCUT2D eigenvalue weighted by molar-refractivity contribution is -0.138. The van der Waals surface area contributed by atoms with Crippen molar-refractivity contribution in [1.29, 1.82) is 0 Å². The summed E-state index contributed by atoms with van der Waals surface area (Å²) in [5.74, 6) is -0.477. The molecule has 0 aliphatic carbocycles. The van der Waals surface area contributed by atoms with Gasteiger partial charge in [0.15, 0.2) is 0 Å². The molecule has 0 spiro atoms. The average Bonchev–Trinajstić information content (AvgIpc) is 2.25. The Morgan fingerprint density at radius 1 is 1.59 bits per heavy atom. The maximum atomic E-state index is 10.3. The second kappa shape index (κ2) is 6.32. The molecule has 3 N–H and O–H groups in total. The highest BCUT2D eigenvalue weighted by Crippen LogP contribution is 2.27. The largest absolute Gasteiger partial charge is 0.495 e. The molecule has 1 aromatic rings. The van der Waals surface area contributed by atoms with Crippen molar-refractivity contribution in [3.8, 4) is 5.75 Å². The summed E-state index contributed by atoms with van der Waals surface area (Å²) in [6.07, 6.45) is -1.23. The van der Waals surface area contributed by atoms with E-state index in [0.29, 0.717) is 16.5 Å². The molecule has 0 saturated carbocycles. The Morgan fingerprint density at radius 3 is 2.82 bits per heavy atom. The maximum Gasteiger partial charge on any atom is 0.306 e. The number of aliphatic hydroxyl groups is 1. The van der Waals surface area contributed by atoms with Gasteiger partial charge in [0.25, 0.3) is 0 Å². The minimum Gasteiger partial charge on any atom is -0.495 e. The van der Waals surface area contributed by atoms with E-state index >= 15 is 0 Å². The number of aliphatic carboxylic acids is 1. The third-order valence-electron chi connectivity index (χ3n) is 2.10. The number of halogens is 1. The van der Waals surface area contributed by atoms with E-state index in [1.54, 1.807) is 18.2 Å². The Bertz CT molecular complexity index is 397. The number of carbonyl (C=O) groups is 1. The summed E-state index contributed by atoms with van der Waals surface area (Å²) < 4.78 is 4.99. The van der Waals surface area contributed by atoms with Crippen molar-refractivity contribution in [3.05, 3.63) is 23.2 Å². The highest BCUT2D eigenvalue weighted by Gasteiger charge is 2.09. The second-order valence-electron chi connectivity index (χ2n) is 3.48. The second-order valence-corrected chi connectivity index (χ2v) is 3.89. The van der Waals surface area contributed by atoms with Crippen LogP contribution in [0.15, 0.2) is 18.2 Å². The van der Waals surface area contributed by atoms with Crippen LogP contribution in [-0.4, -0.2) is 35.9 Å². The highest BCUT2D eigenvalue weighted by atomic mass is 35.5. The third-order valence-corrected chi connectivity index (χ3v) is 2.40. The van der Waals surface area contributed by atoms with E-state index in [1.165, 1.54) is 7.11 Å². The number of hydrogen-bond acceptors (Lipinski definition) is 4. The summed E-state index contributed by atoms with van der Waals surface area (Å²) in [5.41, 5.74) is 0.695. The summed E-state index contributed by atoms with van der Waals surface area (Å²) in [7, 11) is 1.52. The van der Waals surface area contributed by atoms with Crippen LogP contribution in [0.3, 0.4) is 0 Å². The number of anilines is 1. The summed E-state index contributed by atoms with van der Waals surface area (Å²) in [5, 5.41) is 21.2. The molecule has 0 aliphatic rings. The van der Waals surface area contributed by atoms with E-state index in [0.717, 1.165) is 0 Å². The Kier molecular flexibility index (Phi) is 5.06. The molecule has 0 aromatic heterocycles. The summed E-state index contributed by atoms with van der Waals surface area (Å²) in [4.78, 5) is 10.3. The van der Waals surface area contributed by atoms with Gasteiger partial charge in [-0.15, -0.1) is 0 Å². The van der Waals surface area contributed by atoms with Crippen molar-refractivity contribution < 1.29 is 19.7 Å². The van der Waals surface area contributed by atoms with Crippen LogP contribution in [0.2, 0.25) is 5.02 Å².